The van der Waals surface area contributed by atoms with Crippen LogP contribution < -0.4 is 16.6 Å². The van der Waals surface area contributed by atoms with E-state index >= 15 is 0 Å². The lowest BCUT2D eigenvalue weighted by Crippen LogP contribution is -2.40. The van der Waals surface area contributed by atoms with Gasteiger partial charge in [-0.15, -0.1) is 0 Å². The third-order valence-electron chi connectivity index (χ3n) is 4.00. The summed E-state index contributed by atoms with van der Waals surface area (Å²) in [5, 5.41) is 4.43. The molecule has 3 N–H and O–H groups in total. The molecule has 2 aromatic heterocycles. The zero-order chi connectivity index (χ0) is 17.3. The van der Waals surface area contributed by atoms with Gasteiger partial charge in [-0.3, -0.25) is 14.3 Å². The highest BCUT2D eigenvalue weighted by atomic mass is 16.2. The van der Waals surface area contributed by atoms with E-state index in [0.717, 1.165) is 16.5 Å². The summed E-state index contributed by atoms with van der Waals surface area (Å²) in [5.41, 5.74) is 1.70. The molecule has 0 atom stereocenters. The van der Waals surface area contributed by atoms with Crippen molar-refractivity contribution >= 4 is 10.9 Å². The van der Waals surface area contributed by atoms with Crippen molar-refractivity contribution in [1.29, 1.82) is 0 Å². The molecule has 0 unspecified atom stereocenters. The second-order valence-electron chi connectivity index (χ2n) is 6.96. The summed E-state index contributed by atoms with van der Waals surface area (Å²) in [7, 11) is 0. The molecule has 6 nitrogen and oxygen atoms in total. The van der Waals surface area contributed by atoms with E-state index in [-0.39, 0.29) is 16.8 Å². The molecule has 1 aromatic carbocycles. The van der Waals surface area contributed by atoms with Gasteiger partial charge in [-0.05, 0) is 49.9 Å². The van der Waals surface area contributed by atoms with E-state index in [1.165, 1.54) is 0 Å². The molecule has 3 aromatic rings. The third kappa shape index (κ3) is 3.33. The molecular weight excluding hydrogens is 304 g/mol. The van der Waals surface area contributed by atoms with E-state index in [2.05, 4.69) is 21.4 Å². The van der Waals surface area contributed by atoms with Crippen LogP contribution in [0.5, 0.6) is 0 Å². The van der Waals surface area contributed by atoms with Crippen LogP contribution in [0.1, 0.15) is 31.9 Å². The quantitative estimate of drug-likeness (QED) is 0.686. The standard InChI is InChI=1S/C18H22N4O2/c1-18(2,3)22-11-14(16(23)21-17(22)24)10-19-9-12-4-5-15-13(8-12)6-7-20-15/h4-8,11,19-20H,9-10H2,1-3H3,(H,21,23,24). The largest absolute Gasteiger partial charge is 0.361 e. The minimum Gasteiger partial charge on any atom is -0.361 e. The van der Waals surface area contributed by atoms with Crippen LogP contribution in [-0.4, -0.2) is 14.5 Å². The summed E-state index contributed by atoms with van der Waals surface area (Å²) in [5.74, 6) is 0. The molecule has 2 heterocycles. The third-order valence-corrected chi connectivity index (χ3v) is 4.00. The van der Waals surface area contributed by atoms with Crippen LogP contribution >= 0.6 is 0 Å². The van der Waals surface area contributed by atoms with Crippen LogP contribution in [0, 0.1) is 0 Å². The predicted octanol–water partition coefficient (Wildman–Crippen LogP) is 2.06. The summed E-state index contributed by atoms with van der Waals surface area (Å²) in [6.45, 7) is 6.83. The van der Waals surface area contributed by atoms with Crippen molar-refractivity contribution in [3.63, 3.8) is 0 Å². The first-order chi connectivity index (χ1) is 11.3. The zero-order valence-electron chi connectivity index (χ0n) is 14.1. The highest BCUT2D eigenvalue weighted by Gasteiger charge is 2.16. The van der Waals surface area contributed by atoms with Crippen LogP contribution in [0.15, 0.2) is 46.2 Å². The number of fused-ring (bicyclic) bond motifs is 1. The minimum absolute atomic E-state index is 0.339. The summed E-state index contributed by atoms with van der Waals surface area (Å²) < 4.78 is 1.55. The lowest BCUT2D eigenvalue weighted by Gasteiger charge is -2.22. The van der Waals surface area contributed by atoms with Gasteiger partial charge in [0.05, 0.1) is 0 Å². The zero-order valence-corrected chi connectivity index (χ0v) is 14.1. The fourth-order valence-electron chi connectivity index (χ4n) is 2.69. The molecule has 0 fully saturated rings. The maximum absolute atomic E-state index is 12.0. The van der Waals surface area contributed by atoms with Gasteiger partial charge >= 0.3 is 5.69 Å². The number of rotatable bonds is 4. The summed E-state index contributed by atoms with van der Waals surface area (Å²) in [6, 6.07) is 8.23. The fraction of sp³-hybridized carbons (Fsp3) is 0.333. The molecule has 0 amide bonds. The Balaban J connectivity index is 1.74. The van der Waals surface area contributed by atoms with Crippen LogP contribution in [0.2, 0.25) is 0 Å². The van der Waals surface area contributed by atoms with E-state index in [9.17, 15) is 9.59 Å². The Bertz CT molecular complexity index is 973. The van der Waals surface area contributed by atoms with Crippen molar-refractivity contribution in [3.05, 3.63) is 68.6 Å². The second-order valence-corrected chi connectivity index (χ2v) is 6.96. The molecule has 3 rings (SSSR count). The van der Waals surface area contributed by atoms with Crippen LogP contribution in [0.4, 0.5) is 0 Å². The number of nitrogens with zero attached hydrogens (tertiary/aromatic N) is 1. The Labute approximate surface area is 139 Å². The molecule has 0 radical (unpaired) electrons. The average molecular weight is 326 g/mol. The number of nitrogens with one attached hydrogen (secondary N) is 3. The monoisotopic (exact) mass is 326 g/mol. The summed E-state index contributed by atoms with van der Waals surface area (Å²) in [4.78, 5) is 29.5. The smallest absolute Gasteiger partial charge is 0.328 e. The van der Waals surface area contributed by atoms with Crippen molar-refractivity contribution < 1.29 is 0 Å². The number of aromatic nitrogens is 3. The van der Waals surface area contributed by atoms with E-state index in [4.69, 9.17) is 0 Å². The van der Waals surface area contributed by atoms with Gasteiger partial charge in [0, 0.05) is 42.1 Å². The van der Waals surface area contributed by atoms with Crippen LogP contribution in [0.25, 0.3) is 10.9 Å². The molecule has 0 aliphatic rings. The molecule has 0 bridgehead atoms. The van der Waals surface area contributed by atoms with Crippen molar-refractivity contribution in [3.8, 4) is 0 Å². The SMILES string of the molecule is CC(C)(C)n1cc(CNCc2ccc3[nH]ccc3c2)c(=O)[nH]c1=O. The maximum Gasteiger partial charge on any atom is 0.328 e. The Morgan fingerprint density at radius 3 is 2.67 bits per heavy atom. The van der Waals surface area contributed by atoms with Crippen LogP contribution in [0.3, 0.4) is 0 Å². The number of hydrogen-bond acceptors (Lipinski definition) is 3. The molecule has 126 valence electrons. The molecular formula is C18H22N4O2. The van der Waals surface area contributed by atoms with Gasteiger partial charge in [-0.2, -0.15) is 0 Å². The Hall–Kier alpha value is -2.60. The van der Waals surface area contributed by atoms with Gasteiger partial charge in [0.2, 0.25) is 0 Å². The first kappa shape index (κ1) is 16.3. The minimum atomic E-state index is -0.380. The first-order valence-corrected chi connectivity index (χ1v) is 7.97. The first-order valence-electron chi connectivity index (χ1n) is 7.97. The molecule has 0 saturated heterocycles. The number of H-pyrrole nitrogens is 2. The second kappa shape index (κ2) is 6.13. The predicted molar refractivity (Wildman–Crippen MR) is 95.2 cm³/mol. The molecule has 0 saturated carbocycles. The van der Waals surface area contributed by atoms with Gasteiger partial charge in [0.25, 0.3) is 5.56 Å². The fourth-order valence-corrected chi connectivity index (χ4v) is 2.69. The number of aromatic amines is 2. The van der Waals surface area contributed by atoms with Gasteiger partial charge < -0.3 is 10.3 Å². The summed E-state index contributed by atoms with van der Waals surface area (Å²) in [6.07, 6.45) is 3.56. The van der Waals surface area contributed by atoms with Crippen molar-refractivity contribution in [2.45, 2.75) is 39.4 Å². The van der Waals surface area contributed by atoms with Crippen molar-refractivity contribution in [2.24, 2.45) is 0 Å². The Morgan fingerprint density at radius 2 is 1.92 bits per heavy atom. The van der Waals surface area contributed by atoms with E-state index in [1.807, 2.05) is 45.2 Å². The van der Waals surface area contributed by atoms with Gasteiger partial charge in [-0.1, -0.05) is 6.07 Å². The van der Waals surface area contributed by atoms with E-state index < -0.39 is 0 Å². The number of benzene rings is 1. The molecule has 0 aliphatic carbocycles. The lowest BCUT2D eigenvalue weighted by molar-refractivity contribution is 0.374. The average Bonchev–Trinajstić information content (AvgIpc) is 2.95. The van der Waals surface area contributed by atoms with E-state index in [0.29, 0.717) is 18.7 Å². The summed E-state index contributed by atoms with van der Waals surface area (Å²) >= 11 is 0. The molecule has 6 heteroatoms. The van der Waals surface area contributed by atoms with Crippen LogP contribution in [-0.2, 0) is 18.6 Å². The highest BCUT2D eigenvalue weighted by molar-refractivity contribution is 5.79. The lowest BCUT2D eigenvalue weighted by atomic mass is 10.1. The van der Waals surface area contributed by atoms with Crippen molar-refractivity contribution in [2.75, 3.05) is 0 Å². The van der Waals surface area contributed by atoms with E-state index in [1.54, 1.807) is 10.8 Å². The maximum atomic E-state index is 12.0. The Kier molecular flexibility index (Phi) is 4.15. The van der Waals surface area contributed by atoms with Gasteiger partial charge in [0.15, 0.2) is 0 Å². The highest BCUT2D eigenvalue weighted by Crippen LogP contribution is 2.14. The van der Waals surface area contributed by atoms with Crippen molar-refractivity contribution in [1.82, 2.24) is 19.9 Å². The normalized spacial score (nSPS) is 12.0. The number of hydrogen-bond donors (Lipinski definition) is 3. The topological polar surface area (TPSA) is 82.7 Å². The van der Waals surface area contributed by atoms with Gasteiger partial charge in [0.1, 0.15) is 0 Å². The van der Waals surface area contributed by atoms with Gasteiger partial charge in [-0.25, -0.2) is 4.79 Å². The Morgan fingerprint density at radius 1 is 1.12 bits per heavy atom. The molecule has 0 spiro atoms. The molecule has 24 heavy (non-hydrogen) atoms. The molecule has 0 aliphatic heterocycles.